The third kappa shape index (κ3) is 10.9. The van der Waals surface area contributed by atoms with E-state index in [1.54, 1.807) is 83.1 Å². The summed E-state index contributed by atoms with van der Waals surface area (Å²) in [4.78, 5) is 19.5. The summed E-state index contributed by atoms with van der Waals surface area (Å²) in [5.74, 6) is 0. The van der Waals surface area contributed by atoms with Crippen molar-refractivity contribution >= 4 is 14.7 Å². The predicted molar refractivity (Wildman–Crippen MR) is 122 cm³/mol. The van der Waals surface area contributed by atoms with Crippen LogP contribution in [0.5, 0.6) is 0 Å². The lowest BCUT2D eigenvalue weighted by atomic mass is 10.2. The molecule has 0 saturated carbocycles. The fraction of sp³-hybridized carbons (Fsp3) is 1.00. The van der Waals surface area contributed by atoms with Gasteiger partial charge in [0, 0.05) is 33.8 Å². The van der Waals surface area contributed by atoms with Gasteiger partial charge in [-0.25, -0.2) is 0 Å². The highest BCUT2D eigenvalue weighted by atomic mass is 31.2. The van der Waals surface area contributed by atoms with E-state index in [1.165, 1.54) is 0 Å². The van der Waals surface area contributed by atoms with Crippen LogP contribution in [0, 0.1) is 0 Å². The maximum atomic E-state index is 11.8. The molecule has 0 bridgehead atoms. The summed E-state index contributed by atoms with van der Waals surface area (Å²) in [6, 6.07) is 0. The lowest BCUT2D eigenvalue weighted by Gasteiger charge is -2.35. The molecule has 0 atom stereocenters. The summed E-state index contributed by atoms with van der Waals surface area (Å²) in [7, 11) is -6.12. The fourth-order valence-electron chi connectivity index (χ4n) is 2.24. The second kappa shape index (κ2) is 11.6. The molecule has 0 aromatic carbocycles. The molecule has 6 nitrogen and oxygen atoms in total. The fourth-order valence-corrected chi connectivity index (χ4v) is 6.26. The summed E-state index contributed by atoms with van der Waals surface area (Å²) in [6.07, 6.45) is 1.44. The predicted octanol–water partition coefficient (Wildman–Crippen LogP) is 5.46. The molecule has 0 aromatic heterocycles. The summed E-state index contributed by atoms with van der Waals surface area (Å²) >= 11 is 0. The normalized spacial score (nSPS) is 13.9. The van der Waals surface area contributed by atoms with Gasteiger partial charge in [-0.05, 0) is 12.8 Å². The van der Waals surface area contributed by atoms with Crippen molar-refractivity contribution in [3.8, 4) is 0 Å². The topological polar surface area (TPSA) is 115 Å². The van der Waals surface area contributed by atoms with Gasteiger partial charge in [0.1, 0.15) is 0 Å². The molecule has 0 fully saturated rings. The Morgan fingerprint density at radius 3 is 0.679 bits per heavy atom. The van der Waals surface area contributed by atoms with E-state index in [0.29, 0.717) is 0 Å². The molecule has 0 aliphatic carbocycles. The molecule has 0 heterocycles. The molecule has 0 radical (unpaired) electrons. The lowest BCUT2D eigenvalue weighted by Crippen LogP contribution is -2.28. The van der Waals surface area contributed by atoms with Crippen LogP contribution in [0.3, 0.4) is 0 Å². The van der Waals surface area contributed by atoms with Gasteiger partial charge >= 0.3 is 0 Å². The Balaban J connectivity index is -0.000000351. The minimum atomic E-state index is -3.06. The maximum Gasteiger partial charge on any atom is 0.210 e. The van der Waals surface area contributed by atoms with Crippen molar-refractivity contribution < 1.29 is 29.1 Å². The number of aliphatic hydroxyl groups excluding tert-OH is 2. The van der Waals surface area contributed by atoms with Gasteiger partial charge < -0.3 is 20.0 Å². The van der Waals surface area contributed by atoms with E-state index in [-0.39, 0.29) is 13.2 Å². The summed E-state index contributed by atoms with van der Waals surface area (Å²) < 4.78 is 23.6. The number of hydrogen-bond acceptors (Lipinski definition) is 4. The number of aliphatic hydroxyl groups is 2. The van der Waals surface area contributed by atoms with Gasteiger partial charge in [0.25, 0.3) is 0 Å². The Kier molecular flexibility index (Phi) is 13.7. The molecule has 0 amide bonds. The average molecular weight is 447 g/mol. The minimum absolute atomic E-state index is 0.195. The van der Waals surface area contributed by atoms with Crippen molar-refractivity contribution in [2.45, 2.75) is 117 Å². The summed E-state index contributed by atoms with van der Waals surface area (Å²) in [5, 5.41) is 14.1. The standard InChI is InChI=1S/2C8H19O2P.C4H10O2/c2*1-7(2,3)11(9,10)8(4,5)6;5-3-1-2-4-6/h2*1-6H3,(H,9,10);5-6H,1-4H2. The van der Waals surface area contributed by atoms with Crippen LogP contribution in [0.25, 0.3) is 0 Å². The Bertz CT molecular complexity index is 433. The van der Waals surface area contributed by atoms with E-state index >= 15 is 0 Å². The Morgan fingerprint density at radius 1 is 0.500 bits per heavy atom. The van der Waals surface area contributed by atoms with Gasteiger partial charge in [-0.2, -0.15) is 0 Å². The summed E-state index contributed by atoms with van der Waals surface area (Å²) in [6.45, 7) is 22.0. The van der Waals surface area contributed by atoms with Gasteiger partial charge in [0.15, 0.2) is 0 Å². The second-order valence-electron chi connectivity index (χ2n) is 11.0. The van der Waals surface area contributed by atoms with Gasteiger partial charge in [-0.3, -0.25) is 9.13 Å². The smallest absolute Gasteiger partial charge is 0.210 e. The SMILES string of the molecule is CC(C)(C)P(=O)(O)C(C)(C)C.CC(C)(C)P(=O)(O)C(C)(C)C.OCCCCO. The van der Waals surface area contributed by atoms with E-state index in [2.05, 4.69) is 0 Å². The highest BCUT2D eigenvalue weighted by Crippen LogP contribution is 2.64. The third-order valence-corrected chi connectivity index (χ3v) is 11.5. The molecule has 0 unspecified atom stereocenters. The highest BCUT2D eigenvalue weighted by Gasteiger charge is 2.45. The van der Waals surface area contributed by atoms with Crippen molar-refractivity contribution in [3.63, 3.8) is 0 Å². The van der Waals surface area contributed by atoms with E-state index in [0.717, 1.165) is 12.8 Å². The molecule has 0 aliphatic rings. The zero-order valence-corrected chi connectivity index (χ0v) is 22.1. The van der Waals surface area contributed by atoms with Crippen molar-refractivity contribution in [1.29, 1.82) is 0 Å². The van der Waals surface area contributed by atoms with Gasteiger partial charge in [0.05, 0.1) is 0 Å². The summed E-state index contributed by atoms with van der Waals surface area (Å²) in [5.41, 5.74) is 0. The van der Waals surface area contributed by atoms with Crippen LogP contribution in [-0.2, 0) is 9.13 Å². The largest absolute Gasteiger partial charge is 0.396 e. The molecular formula is C20H48O6P2. The second-order valence-corrected chi connectivity index (χ2v) is 18.7. The van der Waals surface area contributed by atoms with E-state index in [4.69, 9.17) is 10.2 Å². The molecule has 0 spiro atoms. The zero-order chi connectivity index (χ0) is 23.8. The first kappa shape index (κ1) is 33.0. The van der Waals surface area contributed by atoms with Crippen molar-refractivity contribution in [3.05, 3.63) is 0 Å². The Labute approximate surface area is 174 Å². The highest BCUT2D eigenvalue weighted by molar-refractivity contribution is 7.61. The molecule has 0 rings (SSSR count). The molecule has 0 saturated heterocycles. The van der Waals surface area contributed by atoms with E-state index in [9.17, 15) is 18.9 Å². The number of hydrogen-bond donors (Lipinski definition) is 4. The van der Waals surface area contributed by atoms with Crippen molar-refractivity contribution in [2.24, 2.45) is 0 Å². The maximum absolute atomic E-state index is 11.8. The quantitative estimate of drug-likeness (QED) is 0.338. The van der Waals surface area contributed by atoms with Crippen LogP contribution in [0.4, 0.5) is 0 Å². The van der Waals surface area contributed by atoms with Crippen LogP contribution in [0.15, 0.2) is 0 Å². The van der Waals surface area contributed by atoms with Crippen LogP contribution in [0.2, 0.25) is 0 Å². The minimum Gasteiger partial charge on any atom is -0.396 e. The average Bonchev–Trinajstić information content (AvgIpc) is 2.41. The van der Waals surface area contributed by atoms with Crippen LogP contribution < -0.4 is 0 Å². The molecule has 0 aromatic rings. The van der Waals surface area contributed by atoms with Gasteiger partial charge in [-0.15, -0.1) is 0 Å². The first-order valence-corrected chi connectivity index (χ1v) is 13.1. The zero-order valence-electron chi connectivity index (χ0n) is 20.3. The number of unbranched alkanes of at least 4 members (excludes halogenated alkanes) is 1. The molecule has 0 aliphatic heterocycles. The monoisotopic (exact) mass is 446 g/mol. The first-order chi connectivity index (χ1) is 11.9. The third-order valence-electron chi connectivity index (χ3n) is 4.20. The molecule has 28 heavy (non-hydrogen) atoms. The Morgan fingerprint density at radius 2 is 0.643 bits per heavy atom. The lowest BCUT2D eigenvalue weighted by molar-refractivity contribution is 0.242. The molecule has 174 valence electrons. The van der Waals surface area contributed by atoms with Crippen LogP contribution >= 0.6 is 14.7 Å². The molecular weight excluding hydrogens is 398 g/mol. The van der Waals surface area contributed by atoms with E-state index < -0.39 is 35.4 Å². The van der Waals surface area contributed by atoms with Crippen LogP contribution in [-0.4, -0.2) is 53.8 Å². The van der Waals surface area contributed by atoms with Crippen LogP contribution in [0.1, 0.15) is 95.9 Å². The molecule has 4 N–H and O–H groups in total. The van der Waals surface area contributed by atoms with Gasteiger partial charge in [0.2, 0.25) is 14.7 Å². The number of rotatable bonds is 3. The van der Waals surface area contributed by atoms with Crippen molar-refractivity contribution in [2.75, 3.05) is 13.2 Å². The molecule has 8 heteroatoms. The van der Waals surface area contributed by atoms with Crippen molar-refractivity contribution in [1.82, 2.24) is 0 Å². The Hall–Kier alpha value is 0.300. The first-order valence-electron chi connectivity index (χ1n) is 9.79. The van der Waals surface area contributed by atoms with E-state index in [1.807, 2.05) is 0 Å². The van der Waals surface area contributed by atoms with Gasteiger partial charge in [-0.1, -0.05) is 83.1 Å².